The lowest BCUT2D eigenvalue weighted by molar-refractivity contribution is 0.240. The lowest BCUT2D eigenvalue weighted by Gasteiger charge is -2.07. The maximum absolute atomic E-state index is 11.7. The Labute approximate surface area is 123 Å². The molecule has 2 amide bonds. The van der Waals surface area contributed by atoms with Crippen LogP contribution >= 0.6 is 11.3 Å². The van der Waals surface area contributed by atoms with Gasteiger partial charge in [0, 0.05) is 24.4 Å². The fourth-order valence-corrected chi connectivity index (χ4v) is 2.87. The van der Waals surface area contributed by atoms with Gasteiger partial charge in [-0.2, -0.15) is 0 Å². The van der Waals surface area contributed by atoms with Gasteiger partial charge in [0.1, 0.15) is 0 Å². The van der Waals surface area contributed by atoms with Crippen LogP contribution < -0.4 is 10.6 Å². The second kappa shape index (κ2) is 7.05. The second-order valence-electron chi connectivity index (χ2n) is 4.59. The van der Waals surface area contributed by atoms with E-state index in [1.165, 1.54) is 4.88 Å². The zero-order valence-corrected chi connectivity index (χ0v) is 12.6. The highest BCUT2D eigenvalue weighted by atomic mass is 32.1. The van der Waals surface area contributed by atoms with E-state index < -0.39 is 0 Å². The molecule has 2 aromatic rings. The summed E-state index contributed by atoms with van der Waals surface area (Å²) in [6.45, 7) is 5.18. The third kappa shape index (κ3) is 4.35. The van der Waals surface area contributed by atoms with Gasteiger partial charge in [-0.25, -0.2) is 9.78 Å². The zero-order valence-electron chi connectivity index (χ0n) is 11.8. The van der Waals surface area contributed by atoms with Crippen LogP contribution in [0.5, 0.6) is 0 Å². The number of carbonyl (C=O) groups is 1. The van der Waals surface area contributed by atoms with Gasteiger partial charge in [0.15, 0.2) is 0 Å². The van der Waals surface area contributed by atoms with Crippen LogP contribution in [0.3, 0.4) is 0 Å². The molecule has 2 rings (SSSR count). The number of carbonyl (C=O) groups excluding carboxylic acids is 1. The standard InChI is InChI=1S/C15H19N3OS/c1-11-14(20-12(2)18-11)8-9-16-15(19)17-10-13-6-4-3-5-7-13/h3-7H,8-10H2,1-2H3,(H2,16,17,19). The van der Waals surface area contributed by atoms with Crippen LogP contribution in [-0.4, -0.2) is 17.6 Å². The maximum atomic E-state index is 11.7. The van der Waals surface area contributed by atoms with Crippen molar-refractivity contribution >= 4 is 17.4 Å². The van der Waals surface area contributed by atoms with Crippen LogP contribution in [0.25, 0.3) is 0 Å². The molecule has 0 aliphatic carbocycles. The van der Waals surface area contributed by atoms with Crippen LogP contribution in [0.4, 0.5) is 4.79 Å². The number of nitrogens with one attached hydrogen (secondary N) is 2. The quantitative estimate of drug-likeness (QED) is 0.889. The third-order valence-electron chi connectivity index (χ3n) is 2.93. The van der Waals surface area contributed by atoms with E-state index in [2.05, 4.69) is 15.6 Å². The molecule has 0 atom stereocenters. The predicted octanol–water partition coefficient (Wildman–Crippen LogP) is 2.80. The van der Waals surface area contributed by atoms with Gasteiger partial charge in [-0.05, 0) is 19.4 Å². The Morgan fingerprint density at radius 3 is 2.60 bits per heavy atom. The molecule has 1 heterocycles. The minimum atomic E-state index is -0.132. The van der Waals surface area contributed by atoms with Crippen LogP contribution in [0.1, 0.15) is 21.1 Å². The Kier molecular flexibility index (Phi) is 5.12. The molecule has 0 bridgehead atoms. The number of aromatic nitrogens is 1. The molecule has 2 N–H and O–H groups in total. The zero-order chi connectivity index (χ0) is 14.4. The smallest absolute Gasteiger partial charge is 0.315 e. The number of benzene rings is 1. The van der Waals surface area contributed by atoms with Crippen molar-refractivity contribution in [2.75, 3.05) is 6.54 Å². The third-order valence-corrected chi connectivity index (χ3v) is 4.07. The van der Waals surface area contributed by atoms with Crippen molar-refractivity contribution in [1.82, 2.24) is 15.6 Å². The lowest BCUT2D eigenvalue weighted by Crippen LogP contribution is -2.36. The minimum Gasteiger partial charge on any atom is -0.338 e. The topological polar surface area (TPSA) is 54.0 Å². The number of nitrogens with zero attached hydrogens (tertiary/aromatic N) is 1. The molecule has 0 radical (unpaired) electrons. The molecule has 0 spiro atoms. The van der Waals surface area contributed by atoms with E-state index >= 15 is 0 Å². The van der Waals surface area contributed by atoms with E-state index in [9.17, 15) is 4.79 Å². The number of urea groups is 1. The van der Waals surface area contributed by atoms with Crippen LogP contribution in [0.2, 0.25) is 0 Å². The van der Waals surface area contributed by atoms with E-state index in [1.54, 1.807) is 11.3 Å². The molecular weight excluding hydrogens is 270 g/mol. The van der Waals surface area contributed by atoms with Crippen molar-refractivity contribution in [1.29, 1.82) is 0 Å². The summed E-state index contributed by atoms with van der Waals surface area (Å²) in [5.41, 5.74) is 2.16. The largest absolute Gasteiger partial charge is 0.338 e. The fraction of sp³-hybridized carbons (Fsp3) is 0.333. The minimum absolute atomic E-state index is 0.132. The molecule has 1 aromatic heterocycles. The predicted molar refractivity (Wildman–Crippen MR) is 82.0 cm³/mol. The van der Waals surface area contributed by atoms with Gasteiger partial charge in [0.05, 0.1) is 10.7 Å². The van der Waals surface area contributed by atoms with Crippen molar-refractivity contribution in [3.05, 3.63) is 51.5 Å². The number of aryl methyl sites for hydroxylation is 2. The first-order chi connectivity index (χ1) is 9.65. The molecular formula is C15H19N3OS. The van der Waals surface area contributed by atoms with Gasteiger partial charge in [-0.15, -0.1) is 11.3 Å². The number of hydrogen-bond acceptors (Lipinski definition) is 3. The van der Waals surface area contributed by atoms with Crippen molar-refractivity contribution in [2.24, 2.45) is 0 Å². The van der Waals surface area contributed by atoms with Crippen molar-refractivity contribution < 1.29 is 4.79 Å². The molecule has 0 unspecified atom stereocenters. The van der Waals surface area contributed by atoms with Gasteiger partial charge in [0.25, 0.3) is 0 Å². The SMILES string of the molecule is Cc1nc(C)c(CCNC(=O)NCc2ccccc2)s1. The summed E-state index contributed by atoms with van der Waals surface area (Å²) in [5, 5.41) is 6.78. The summed E-state index contributed by atoms with van der Waals surface area (Å²) in [4.78, 5) is 17.3. The summed E-state index contributed by atoms with van der Waals surface area (Å²) >= 11 is 1.69. The monoisotopic (exact) mass is 289 g/mol. The molecule has 4 nitrogen and oxygen atoms in total. The second-order valence-corrected chi connectivity index (χ2v) is 5.87. The normalized spacial score (nSPS) is 10.3. The summed E-state index contributed by atoms with van der Waals surface area (Å²) in [5.74, 6) is 0. The summed E-state index contributed by atoms with van der Waals surface area (Å²) < 4.78 is 0. The van der Waals surface area contributed by atoms with E-state index in [0.717, 1.165) is 22.7 Å². The fourth-order valence-electron chi connectivity index (χ4n) is 1.94. The van der Waals surface area contributed by atoms with Gasteiger partial charge in [-0.1, -0.05) is 30.3 Å². The molecule has 0 fully saturated rings. The Hall–Kier alpha value is -1.88. The number of amides is 2. The van der Waals surface area contributed by atoms with Gasteiger partial charge in [-0.3, -0.25) is 0 Å². The van der Waals surface area contributed by atoms with Gasteiger partial charge in [0.2, 0.25) is 0 Å². The van der Waals surface area contributed by atoms with Gasteiger partial charge < -0.3 is 10.6 Å². The van der Waals surface area contributed by atoms with E-state index in [1.807, 2.05) is 44.2 Å². The molecule has 1 aromatic carbocycles. The highest BCUT2D eigenvalue weighted by molar-refractivity contribution is 7.11. The van der Waals surface area contributed by atoms with E-state index in [4.69, 9.17) is 0 Å². The van der Waals surface area contributed by atoms with E-state index in [-0.39, 0.29) is 6.03 Å². The van der Waals surface area contributed by atoms with Crippen molar-refractivity contribution in [3.63, 3.8) is 0 Å². The maximum Gasteiger partial charge on any atom is 0.315 e. The van der Waals surface area contributed by atoms with Gasteiger partial charge >= 0.3 is 6.03 Å². The van der Waals surface area contributed by atoms with Crippen LogP contribution in [-0.2, 0) is 13.0 Å². The average molecular weight is 289 g/mol. The summed E-state index contributed by atoms with van der Waals surface area (Å²) in [7, 11) is 0. The molecule has 106 valence electrons. The molecule has 20 heavy (non-hydrogen) atoms. The first-order valence-corrected chi connectivity index (χ1v) is 7.45. The number of thiazole rings is 1. The molecule has 5 heteroatoms. The average Bonchev–Trinajstić information content (AvgIpc) is 2.76. The van der Waals surface area contributed by atoms with Crippen molar-refractivity contribution in [2.45, 2.75) is 26.8 Å². The Balaban J connectivity index is 1.69. The Bertz CT molecular complexity index is 566. The van der Waals surface area contributed by atoms with Crippen LogP contribution in [0, 0.1) is 13.8 Å². The highest BCUT2D eigenvalue weighted by Gasteiger charge is 2.05. The first-order valence-electron chi connectivity index (χ1n) is 6.63. The van der Waals surface area contributed by atoms with E-state index in [0.29, 0.717) is 13.1 Å². The molecule has 0 aliphatic heterocycles. The molecule has 0 aliphatic rings. The number of rotatable bonds is 5. The van der Waals surface area contributed by atoms with Crippen molar-refractivity contribution in [3.8, 4) is 0 Å². The summed E-state index contributed by atoms with van der Waals surface area (Å²) in [6, 6.07) is 9.73. The van der Waals surface area contributed by atoms with Crippen LogP contribution in [0.15, 0.2) is 30.3 Å². The Morgan fingerprint density at radius 1 is 1.20 bits per heavy atom. The first kappa shape index (κ1) is 14.5. The Morgan fingerprint density at radius 2 is 1.95 bits per heavy atom. The molecule has 0 saturated heterocycles. The molecule has 0 saturated carbocycles. The lowest BCUT2D eigenvalue weighted by atomic mass is 10.2. The number of hydrogen-bond donors (Lipinski definition) is 2. The highest BCUT2D eigenvalue weighted by Crippen LogP contribution is 2.16. The summed E-state index contributed by atoms with van der Waals surface area (Å²) in [6.07, 6.45) is 0.829.